The number of rotatable bonds is 7. The van der Waals surface area contributed by atoms with Crippen LogP contribution in [0.5, 0.6) is 22.7 Å². The fraction of sp³-hybridized carbons (Fsp3) is 0.467. The Morgan fingerprint density at radius 2 is 1.98 bits per heavy atom. The zero-order chi connectivity index (χ0) is 29.3. The number of carboxylic acid groups (broad SMARTS) is 1. The normalized spacial score (nSPS) is 26.8. The number of hydrogen-bond donors (Lipinski definition) is 3. The average molecular weight is 623 g/mol. The lowest BCUT2D eigenvalue weighted by Crippen LogP contribution is -2.51. The molecule has 11 nitrogen and oxygen atoms in total. The largest absolute Gasteiger partial charge is 0.508 e. The molecule has 0 spiro atoms. The number of thiazole rings is 1. The molecule has 2 aromatic carbocycles. The van der Waals surface area contributed by atoms with Crippen molar-refractivity contribution < 1.29 is 24.5 Å². The highest BCUT2D eigenvalue weighted by Crippen LogP contribution is 2.44. The van der Waals surface area contributed by atoms with Crippen molar-refractivity contribution in [2.75, 3.05) is 31.1 Å². The SMILES string of the molecule is O=C(O)C1CCC2(COc3nc(N4CC5CCC(C4)N5)c4nc(Oc5cc(O)cc6cccc(Cl)c56)sc4n3)CCCN12. The summed E-state index contributed by atoms with van der Waals surface area (Å²) >= 11 is 7.81. The molecule has 2 bridgehead atoms. The Morgan fingerprint density at radius 1 is 1.14 bits per heavy atom. The second kappa shape index (κ2) is 10.3. The summed E-state index contributed by atoms with van der Waals surface area (Å²) in [7, 11) is 0. The Bertz CT molecular complexity index is 1740. The topological polar surface area (TPSA) is 133 Å². The van der Waals surface area contributed by atoms with Crippen LogP contribution in [0.1, 0.15) is 38.5 Å². The number of halogens is 1. The highest BCUT2D eigenvalue weighted by atomic mass is 35.5. The predicted molar refractivity (Wildman–Crippen MR) is 163 cm³/mol. The quantitative estimate of drug-likeness (QED) is 0.263. The monoisotopic (exact) mass is 622 g/mol. The minimum atomic E-state index is -0.768. The van der Waals surface area contributed by atoms with E-state index in [1.165, 1.54) is 17.4 Å². The summed E-state index contributed by atoms with van der Waals surface area (Å²) in [6, 6.07) is 9.23. The molecule has 4 fully saturated rings. The van der Waals surface area contributed by atoms with E-state index in [-0.39, 0.29) is 17.3 Å². The first-order chi connectivity index (χ1) is 20.8. The van der Waals surface area contributed by atoms with Gasteiger partial charge in [-0.1, -0.05) is 35.1 Å². The minimum absolute atomic E-state index is 0.0655. The van der Waals surface area contributed by atoms with Crippen molar-refractivity contribution in [3.8, 4) is 22.7 Å². The molecule has 4 aliphatic rings. The fourth-order valence-electron chi connectivity index (χ4n) is 7.53. The maximum atomic E-state index is 11.9. The molecule has 43 heavy (non-hydrogen) atoms. The van der Waals surface area contributed by atoms with E-state index >= 15 is 0 Å². The van der Waals surface area contributed by atoms with Crippen LogP contribution in [0.15, 0.2) is 30.3 Å². The first-order valence-electron chi connectivity index (χ1n) is 14.8. The van der Waals surface area contributed by atoms with Crippen LogP contribution < -0.4 is 19.7 Å². The van der Waals surface area contributed by atoms with Crippen LogP contribution in [-0.4, -0.2) is 85.9 Å². The van der Waals surface area contributed by atoms with Gasteiger partial charge in [-0.2, -0.15) is 15.0 Å². The lowest BCUT2D eigenvalue weighted by Gasteiger charge is -2.34. The number of carbonyl (C=O) groups is 1. The molecule has 0 radical (unpaired) electrons. The number of aromatic hydroxyl groups is 1. The van der Waals surface area contributed by atoms with E-state index in [0.29, 0.717) is 62.6 Å². The van der Waals surface area contributed by atoms with Crippen molar-refractivity contribution in [2.45, 2.75) is 62.2 Å². The summed E-state index contributed by atoms with van der Waals surface area (Å²) in [5.74, 6) is 0.408. The minimum Gasteiger partial charge on any atom is -0.508 e. The molecule has 0 aliphatic carbocycles. The summed E-state index contributed by atoms with van der Waals surface area (Å²) in [6.07, 6.45) is 5.49. The van der Waals surface area contributed by atoms with E-state index in [4.69, 9.17) is 36.0 Å². The Hall–Kier alpha value is -3.45. The molecule has 224 valence electrons. The van der Waals surface area contributed by atoms with Crippen LogP contribution in [0.4, 0.5) is 5.82 Å². The molecule has 8 rings (SSSR count). The van der Waals surface area contributed by atoms with Gasteiger partial charge in [0.2, 0.25) is 0 Å². The summed E-state index contributed by atoms with van der Waals surface area (Å²) < 4.78 is 12.6. The van der Waals surface area contributed by atoms with Crippen molar-refractivity contribution in [2.24, 2.45) is 0 Å². The first-order valence-corrected chi connectivity index (χ1v) is 16.0. The number of nitrogens with one attached hydrogen (secondary N) is 1. The van der Waals surface area contributed by atoms with Crippen LogP contribution in [0.25, 0.3) is 21.1 Å². The molecule has 0 amide bonds. The summed E-state index contributed by atoms with van der Waals surface area (Å²) in [6.45, 7) is 2.71. The number of aromatic nitrogens is 3. The van der Waals surface area contributed by atoms with Gasteiger partial charge in [0.1, 0.15) is 29.7 Å². The summed E-state index contributed by atoms with van der Waals surface area (Å²) in [5, 5.41) is 26.1. The Kier molecular flexibility index (Phi) is 6.51. The van der Waals surface area contributed by atoms with E-state index in [2.05, 4.69) is 15.1 Å². The highest BCUT2D eigenvalue weighted by Gasteiger charge is 2.52. The molecule has 4 unspecified atom stereocenters. The number of piperazine rings is 1. The van der Waals surface area contributed by atoms with Crippen molar-refractivity contribution in [3.05, 3.63) is 35.4 Å². The third kappa shape index (κ3) is 4.71. The number of carboxylic acids is 1. The zero-order valence-corrected chi connectivity index (χ0v) is 24.9. The van der Waals surface area contributed by atoms with Gasteiger partial charge < -0.3 is 29.9 Å². The molecule has 4 atom stereocenters. The second-order valence-corrected chi connectivity index (χ2v) is 13.4. The van der Waals surface area contributed by atoms with Gasteiger partial charge in [0.05, 0.1) is 10.6 Å². The van der Waals surface area contributed by atoms with E-state index < -0.39 is 12.0 Å². The number of aliphatic carboxylic acids is 1. The number of phenols is 1. The molecular weight excluding hydrogens is 592 g/mol. The van der Waals surface area contributed by atoms with E-state index in [1.54, 1.807) is 12.1 Å². The number of nitrogens with zero attached hydrogens (tertiary/aromatic N) is 5. The first kappa shape index (κ1) is 27.1. The van der Waals surface area contributed by atoms with Gasteiger partial charge in [-0.05, 0) is 62.6 Å². The van der Waals surface area contributed by atoms with Gasteiger partial charge in [-0.3, -0.25) is 9.69 Å². The molecule has 4 saturated heterocycles. The Balaban J connectivity index is 1.15. The number of phenolic OH excluding ortho intramolecular Hbond substituents is 1. The summed E-state index contributed by atoms with van der Waals surface area (Å²) in [5.41, 5.74) is 0.324. The molecular formula is C30H31ClN6O5S. The Morgan fingerprint density at radius 3 is 2.79 bits per heavy atom. The molecule has 4 aliphatic heterocycles. The molecule has 0 saturated carbocycles. The molecule has 2 aromatic heterocycles. The van der Waals surface area contributed by atoms with Crippen molar-refractivity contribution in [1.29, 1.82) is 0 Å². The smallest absolute Gasteiger partial charge is 0.320 e. The van der Waals surface area contributed by atoms with Crippen LogP contribution in [0.2, 0.25) is 5.02 Å². The molecule has 13 heteroatoms. The number of hydrogen-bond acceptors (Lipinski definition) is 11. The number of anilines is 1. The number of fused-ring (bicyclic) bond motifs is 5. The predicted octanol–water partition coefficient (Wildman–Crippen LogP) is 4.79. The number of benzene rings is 2. The molecule has 6 heterocycles. The zero-order valence-electron chi connectivity index (χ0n) is 23.3. The maximum absolute atomic E-state index is 11.9. The Labute approximate surface area is 256 Å². The fourth-order valence-corrected chi connectivity index (χ4v) is 8.60. The average Bonchev–Trinajstić information content (AvgIpc) is 3.73. The van der Waals surface area contributed by atoms with Crippen LogP contribution in [0.3, 0.4) is 0 Å². The van der Waals surface area contributed by atoms with Crippen LogP contribution in [0, 0.1) is 0 Å². The second-order valence-electron chi connectivity index (χ2n) is 12.1. The highest BCUT2D eigenvalue weighted by molar-refractivity contribution is 7.19. The standard InChI is InChI=1S/C30H31ClN6O5S/c31-20-4-1-3-16-11-19(38)12-22(23(16)20)42-29-33-24-25(36-13-17-5-6-18(14-36)32-17)34-28(35-26(24)43-29)41-15-30-8-2-10-37(30)21(7-9-30)27(39)40/h1,3-4,11-12,17-18,21,32,38H,2,5-10,13-15H2,(H,39,40). The van der Waals surface area contributed by atoms with E-state index in [9.17, 15) is 15.0 Å². The third-order valence-electron chi connectivity index (χ3n) is 9.45. The lowest BCUT2D eigenvalue weighted by atomic mass is 9.95. The lowest BCUT2D eigenvalue weighted by molar-refractivity contribution is -0.143. The van der Waals surface area contributed by atoms with Crippen molar-refractivity contribution >= 4 is 55.8 Å². The van der Waals surface area contributed by atoms with Gasteiger partial charge in [0, 0.05) is 36.6 Å². The van der Waals surface area contributed by atoms with Crippen LogP contribution >= 0.6 is 22.9 Å². The number of ether oxygens (including phenoxy) is 2. The van der Waals surface area contributed by atoms with Gasteiger partial charge in [-0.25, -0.2) is 0 Å². The van der Waals surface area contributed by atoms with Gasteiger partial charge >= 0.3 is 12.0 Å². The van der Waals surface area contributed by atoms with Gasteiger partial charge in [-0.15, -0.1) is 0 Å². The van der Waals surface area contributed by atoms with E-state index in [1.807, 2.05) is 12.1 Å². The van der Waals surface area contributed by atoms with Crippen LogP contribution in [-0.2, 0) is 4.79 Å². The van der Waals surface area contributed by atoms with E-state index in [0.717, 1.165) is 57.1 Å². The van der Waals surface area contributed by atoms with Crippen molar-refractivity contribution in [1.82, 2.24) is 25.2 Å². The summed E-state index contributed by atoms with van der Waals surface area (Å²) in [4.78, 5) is 31.4. The van der Waals surface area contributed by atoms with Gasteiger partial charge in [0.25, 0.3) is 5.19 Å². The van der Waals surface area contributed by atoms with Gasteiger partial charge in [0.15, 0.2) is 10.6 Å². The third-order valence-corrected chi connectivity index (χ3v) is 10.6. The van der Waals surface area contributed by atoms with Crippen molar-refractivity contribution in [3.63, 3.8) is 0 Å². The maximum Gasteiger partial charge on any atom is 0.320 e. The molecule has 3 N–H and O–H groups in total. The molecule has 4 aromatic rings.